The Morgan fingerprint density at radius 1 is 1.12 bits per heavy atom. The Morgan fingerprint density at radius 2 is 1.95 bits per heavy atom. The lowest BCUT2D eigenvalue weighted by atomic mass is 10.0. The van der Waals surface area contributed by atoms with Gasteiger partial charge in [0.15, 0.2) is 0 Å². The molecule has 4 aromatic rings. The van der Waals surface area contributed by atoms with Crippen molar-refractivity contribution >= 4 is 28.3 Å². The summed E-state index contributed by atoms with van der Waals surface area (Å²) in [6.45, 7) is 4.20. The number of rotatable bonds is 6. The molecule has 10 heteroatoms. The largest absolute Gasteiger partial charge is 0.393 e. The van der Waals surface area contributed by atoms with Gasteiger partial charge in [-0.05, 0) is 55.2 Å². The SMILES string of the molecule is Cc1[nH]c2ccc(-c3cncc(CN4CCC(O)CC4)c3)cc2c1C(=O)Nc1ccnc(N2CCC(F)(F)C2)c1. The van der Waals surface area contributed by atoms with Crippen LogP contribution in [0.1, 0.15) is 40.9 Å². The van der Waals surface area contributed by atoms with Crippen LogP contribution in [-0.2, 0) is 6.54 Å². The van der Waals surface area contributed by atoms with Gasteiger partial charge in [0.05, 0.1) is 18.2 Å². The molecule has 3 N–H and O–H groups in total. The predicted octanol–water partition coefficient (Wildman–Crippen LogP) is 4.99. The fraction of sp³-hybridized carbons (Fsp3) is 0.367. The van der Waals surface area contributed by atoms with Crippen molar-refractivity contribution in [1.82, 2.24) is 19.9 Å². The lowest BCUT2D eigenvalue weighted by Gasteiger charge is -2.29. The van der Waals surface area contributed by atoms with E-state index in [1.807, 2.05) is 37.5 Å². The van der Waals surface area contributed by atoms with Gasteiger partial charge in [0, 0.05) is 85.1 Å². The number of piperidine rings is 1. The third-order valence-corrected chi connectivity index (χ3v) is 7.80. The number of aliphatic hydroxyl groups is 1. The first-order valence-corrected chi connectivity index (χ1v) is 13.6. The topological polar surface area (TPSA) is 97.4 Å². The first kappa shape index (κ1) is 26.3. The molecule has 0 unspecified atom stereocenters. The number of halogens is 2. The molecule has 3 aromatic heterocycles. The van der Waals surface area contributed by atoms with Crippen LogP contribution in [0.2, 0.25) is 0 Å². The number of amides is 1. The van der Waals surface area contributed by atoms with Crippen LogP contribution in [0.5, 0.6) is 0 Å². The number of likely N-dealkylation sites (tertiary alicyclic amines) is 1. The quantitative estimate of drug-likeness (QED) is 0.315. The van der Waals surface area contributed by atoms with Crippen molar-refractivity contribution in [1.29, 1.82) is 0 Å². The van der Waals surface area contributed by atoms with Crippen molar-refractivity contribution < 1.29 is 18.7 Å². The summed E-state index contributed by atoms with van der Waals surface area (Å²) in [4.78, 5) is 29.3. The number of carbonyl (C=O) groups excluding carboxylic acids is 1. The van der Waals surface area contributed by atoms with Crippen molar-refractivity contribution in [3.05, 3.63) is 71.8 Å². The third-order valence-electron chi connectivity index (χ3n) is 7.80. The molecule has 2 aliphatic rings. The number of nitrogens with one attached hydrogen (secondary N) is 2. The summed E-state index contributed by atoms with van der Waals surface area (Å²) in [5.41, 5.74) is 5.61. The van der Waals surface area contributed by atoms with Gasteiger partial charge < -0.3 is 20.3 Å². The highest BCUT2D eigenvalue weighted by Gasteiger charge is 2.38. The average molecular weight is 547 g/mol. The maximum Gasteiger partial charge on any atom is 0.266 e. The van der Waals surface area contributed by atoms with Crippen LogP contribution < -0.4 is 10.2 Å². The first-order chi connectivity index (χ1) is 19.2. The van der Waals surface area contributed by atoms with Gasteiger partial charge in [-0.3, -0.25) is 14.7 Å². The van der Waals surface area contributed by atoms with Crippen molar-refractivity contribution in [3.63, 3.8) is 0 Å². The minimum absolute atomic E-state index is 0.205. The number of hydrogen-bond donors (Lipinski definition) is 3. The average Bonchev–Trinajstić information content (AvgIpc) is 3.47. The van der Waals surface area contributed by atoms with E-state index in [4.69, 9.17) is 0 Å². The summed E-state index contributed by atoms with van der Waals surface area (Å²) >= 11 is 0. The molecule has 8 nitrogen and oxygen atoms in total. The summed E-state index contributed by atoms with van der Waals surface area (Å²) in [5, 5.41) is 13.5. The number of aryl methyl sites for hydroxylation is 1. The zero-order valence-corrected chi connectivity index (χ0v) is 22.3. The second-order valence-corrected chi connectivity index (χ2v) is 10.9. The van der Waals surface area contributed by atoms with Crippen LogP contribution >= 0.6 is 0 Å². The summed E-state index contributed by atoms with van der Waals surface area (Å²) in [7, 11) is 0. The molecule has 6 rings (SSSR count). The lowest BCUT2D eigenvalue weighted by molar-refractivity contribution is 0.0256. The van der Waals surface area contributed by atoms with E-state index in [-0.39, 0.29) is 31.5 Å². The Labute approximate surface area is 231 Å². The first-order valence-electron chi connectivity index (χ1n) is 13.6. The zero-order chi connectivity index (χ0) is 27.9. The molecule has 0 radical (unpaired) electrons. The summed E-state index contributed by atoms with van der Waals surface area (Å²) in [6, 6.07) is 11.4. The molecular formula is C30H32F2N6O2. The summed E-state index contributed by atoms with van der Waals surface area (Å²) in [5.74, 6) is -2.60. The third kappa shape index (κ3) is 5.55. The van der Waals surface area contributed by atoms with E-state index in [1.54, 1.807) is 12.1 Å². The number of hydrogen-bond acceptors (Lipinski definition) is 6. The van der Waals surface area contributed by atoms with Crippen LogP contribution in [0.25, 0.3) is 22.0 Å². The molecule has 1 amide bonds. The molecule has 5 heterocycles. The summed E-state index contributed by atoms with van der Waals surface area (Å²) < 4.78 is 27.4. The Kier molecular flexibility index (Phi) is 6.97. The van der Waals surface area contributed by atoms with E-state index in [2.05, 4.69) is 31.2 Å². The second kappa shape index (κ2) is 10.6. The predicted molar refractivity (Wildman–Crippen MR) is 151 cm³/mol. The number of aliphatic hydroxyl groups excluding tert-OH is 1. The second-order valence-electron chi connectivity index (χ2n) is 10.9. The molecule has 1 aromatic carbocycles. The van der Waals surface area contributed by atoms with Crippen LogP contribution in [0.15, 0.2) is 55.0 Å². The standard InChI is InChI=1S/C30H32F2N6O2/c1-19-28(29(40)36-23-4-8-34-27(14-23)38-11-7-30(31,32)18-38)25-13-21(2-3-26(25)35-19)22-12-20(15-33-16-22)17-37-9-5-24(39)6-10-37/h2-4,8,12-16,24,35,39H,5-7,9-11,17-18H2,1H3,(H,34,36,40). The number of anilines is 2. The molecule has 0 bridgehead atoms. The number of aromatic amines is 1. The van der Waals surface area contributed by atoms with Gasteiger partial charge in [0.1, 0.15) is 5.82 Å². The molecular weight excluding hydrogens is 514 g/mol. The van der Waals surface area contributed by atoms with Crippen molar-refractivity contribution in [2.75, 3.05) is 36.4 Å². The van der Waals surface area contributed by atoms with E-state index >= 15 is 0 Å². The minimum atomic E-state index is -2.73. The smallest absolute Gasteiger partial charge is 0.266 e. The fourth-order valence-corrected chi connectivity index (χ4v) is 5.66. The van der Waals surface area contributed by atoms with E-state index in [0.717, 1.165) is 65.8 Å². The Morgan fingerprint density at radius 3 is 2.73 bits per heavy atom. The van der Waals surface area contributed by atoms with Gasteiger partial charge in [-0.15, -0.1) is 0 Å². The minimum Gasteiger partial charge on any atom is -0.393 e. The number of alkyl halides is 2. The van der Waals surface area contributed by atoms with Crippen LogP contribution in [0.4, 0.5) is 20.3 Å². The van der Waals surface area contributed by atoms with Crippen LogP contribution in [0.3, 0.4) is 0 Å². The van der Waals surface area contributed by atoms with Crippen LogP contribution in [0, 0.1) is 6.92 Å². The van der Waals surface area contributed by atoms with E-state index in [9.17, 15) is 18.7 Å². The highest BCUT2D eigenvalue weighted by molar-refractivity contribution is 6.14. The maximum atomic E-state index is 13.7. The molecule has 0 aliphatic carbocycles. The van der Waals surface area contributed by atoms with Crippen molar-refractivity contribution in [2.45, 2.75) is 44.8 Å². The fourth-order valence-electron chi connectivity index (χ4n) is 5.66. The number of carbonyl (C=O) groups is 1. The normalized spacial score (nSPS) is 17.9. The van der Waals surface area contributed by atoms with Gasteiger partial charge in [-0.1, -0.05) is 6.07 Å². The molecule has 0 spiro atoms. The van der Waals surface area contributed by atoms with Crippen molar-refractivity contribution in [2.24, 2.45) is 0 Å². The monoisotopic (exact) mass is 546 g/mol. The summed E-state index contributed by atoms with van der Waals surface area (Å²) in [6.07, 6.45) is 6.38. The molecule has 40 heavy (non-hydrogen) atoms. The molecule has 2 saturated heterocycles. The van der Waals surface area contributed by atoms with Gasteiger partial charge >= 0.3 is 0 Å². The van der Waals surface area contributed by atoms with Gasteiger partial charge in [-0.25, -0.2) is 13.8 Å². The number of fused-ring (bicyclic) bond motifs is 1. The Hall–Kier alpha value is -3.89. The number of pyridine rings is 2. The Balaban J connectivity index is 1.23. The highest BCUT2D eigenvalue weighted by atomic mass is 19.3. The number of aromatic nitrogens is 3. The molecule has 0 atom stereocenters. The van der Waals surface area contributed by atoms with Gasteiger partial charge in [-0.2, -0.15) is 0 Å². The van der Waals surface area contributed by atoms with Crippen molar-refractivity contribution in [3.8, 4) is 11.1 Å². The Bertz CT molecular complexity index is 1550. The highest BCUT2D eigenvalue weighted by Crippen LogP contribution is 2.32. The number of benzene rings is 1. The maximum absolute atomic E-state index is 13.7. The lowest BCUT2D eigenvalue weighted by Crippen LogP contribution is -2.35. The van der Waals surface area contributed by atoms with Crippen LogP contribution in [-0.4, -0.2) is 69.1 Å². The zero-order valence-electron chi connectivity index (χ0n) is 22.3. The molecule has 208 valence electrons. The molecule has 2 fully saturated rings. The van der Waals surface area contributed by atoms with Gasteiger partial charge in [0.25, 0.3) is 11.8 Å². The van der Waals surface area contributed by atoms with Gasteiger partial charge in [0.2, 0.25) is 0 Å². The number of H-pyrrole nitrogens is 1. The number of nitrogens with zero attached hydrogens (tertiary/aromatic N) is 4. The van der Waals surface area contributed by atoms with E-state index in [1.165, 1.54) is 11.1 Å². The molecule has 0 saturated carbocycles. The van der Waals surface area contributed by atoms with E-state index in [0.29, 0.717) is 17.1 Å². The molecule has 2 aliphatic heterocycles. The van der Waals surface area contributed by atoms with E-state index < -0.39 is 5.92 Å².